The first-order chi connectivity index (χ1) is 9.98. The van der Waals surface area contributed by atoms with Crippen LogP contribution < -0.4 is 0 Å². The van der Waals surface area contributed by atoms with Crippen molar-refractivity contribution in [2.45, 2.75) is 23.8 Å². The van der Waals surface area contributed by atoms with Gasteiger partial charge in [-0.15, -0.1) is 0 Å². The molecule has 0 unspecified atom stereocenters. The van der Waals surface area contributed by atoms with Gasteiger partial charge < -0.3 is 5.11 Å². The Morgan fingerprint density at radius 3 is 2.52 bits per heavy atom. The highest BCUT2D eigenvalue weighted by molar-refractivity contribution is 7.89. The molecule has 0 radical (unpaired) electrons. The van der Waals surface area contributed by atoms with Crippen molar-refractivity contribution >= 4 is 20.8 Å². The summed E-state index contributed by atoms with van der Waals surface area (Å²) in [7, 11) is -1.89. The van der Waals surface area contributed by atoms with Crippen LogP contribution in [0.5, 0.6) is 0 Å². The first-order valence-electron chi connectivity index (χ1n) is 7.10. The molecular formula is C16H19NO3S. The van der Waals surface area contributed by atoms with Crippen molar-refractivity contribution in [3.63, 3.8) is 0 Å². The summed E-state index contributed by atoms with van der Waals surface area (Å²) in [5.41, 5.74) is 0. The van der Waals surface area contributed by atoms with Crippen LogP contribution in [0.1, 0.15) is 12.8 Å². The molecule has 1 aliphatic carbocycles. The highest BCUT2D eigenvalue weighted by atomic mass is 32.2. The second kappa shape index (κ2) is 5.40. The van der Waals surface area contributed by atoms with E-state index >= 15 is 0 Å². The van der Waals surface area contributed by atoms with Gasteiger partial charge in [0.1, 0.15) is 0 Å². The molecule has 0 heterocycles. The summed E-state index contributed by atoms with van der Waals surface area (Å²) in [5, 5.41) is 11.0. The normalized spacial score (nSPS) is 22.4. The number of benzene rings is 2. The average molecular weight is 305 g/mol. The predicted molar refractivity (Wildman–Crippen MR) is 82.5 cm³/mol. The second-order valence-electron chi connectivity index (χ2n) is 5.75. The molecule has 0 atom stereocenters. The fourth-order valence-electron chi connectivity index (χ4n) is 2.90. The standard InChI is InChI=1S/C16H19NO3S/c1-17(11-12-9-14(18)10-12)21(19,20)16-8-4-6-13-5-2-3-7-15(13)16/h2-8,12,14,18H,9-11H2,1H3. The van der Waals surface area contributed by atoms with Gasteiger partial charge >= 0.3 is 0 Å². The summed E-state index contributed by atoms with van der Waals surface area (Å²) in [6.07, 6.45) is 1.12. The zero-order valence-corrected chi connectivity index (χ0v) is 12.8. The predicted octanol–water partition coefficient (Wildman–Crippen LogP) is 2.23. The molecule has 2 aromatic carbocycles. The Bertz CT molecular complexity index is 746. The van der Waals surface area contributed by atoms with Crippen molar-refractivity contribution < 1.29 is 13.5 Å². The first kappa shape index (κ1) is 14.5. The molecule has 0 aliphatic heterocycles. The molecule has 0 saturated heterocycles. The molecule has 0 amide bonds. The highest BCUT2D eigenvalue weighted by Crippen LogP contribution is 2.30. The number of rotatable bonds is 4. The maximum atomic E-state index is 12.8. The Labute approximate surface area is 125 Å². The lowest BCUT2D eigenvalue weighted by Gasteiger charge is -2.34. The topological polar surface area (TPSA) is 57.6 Å². The molecule has 0 spiro atoms. The lowest BCUT2D eigenvalue weighted by Crippen LogP contribution is -2.39. The van der Waals surface area contributed by atoms with Gasteiger partial charge in [-0.1, -0.05) is 36.4 Å². The van der Waals surface area contributed by atoms with Gasteiger partial charge in [-0.2, -0.15) is 0 Å². The highest BCUT2D eigenvalue weighted by Gasteiger charge is 2.32. The van der Waals surface area contributed by atoms with Crippen molar-refractivity contribution in [1.29, 1.82) is 0 Å². The van der Waals surface area contributed by atoms with E-state index in [2.05, 4.69) is 0 Å². The monoisotopic (exact) mass is 305 g/mol. The van der Waals surface area contributed by atoms with Crippen LogP contribution in [0.15, 0.2) is 47.4 Å². The van der Waals surface area contributed by atoms with E-state index in [1.165, 1.54) is 4.31 Å². The Hall–Kier alpha value is -1.43. The molecule has 2 aromatic rings. The third-order valence-corrected chi connectivity index (χ3v) is 6.05. The minimum Gasteiger partial charge on any atom is -0.393 e. The fraction of sp³-hybridized carbons (Fsp3) is 0.375. The van der Waals surface area contributed by atoms with Gasteiger partial charge in [-0.3, -0.25) is 0 Å². The first-order valence-corrected chi connectivity index (χ1v) is 8.54. The molecular weight excluding hydrogens is 286 g/mol. The molecule has 21 heavy (non-hydrogen) atoms. The van der Waals surface area contributed by atoms with Gasteiger partial charge in [0.25, 0.3) is 0 Å². The SMILES string of the molecule is CN(CC1CC(O)C1)S(=O)(=O)c1cccc2ccccc12. The van der Waals surface area contributed by atoms with E-state index in [0.717, 1.165) is 10.8 Å². The number of hydrogen-bond acceptors (Lipinski definition) is 3. The lowest BCUT2D eigenvalue weighted by atomic mass is 9.82. The number of nitrogens with zero attached hydrogens (tertiary/aromatic N) is 1. The van der Waals surface area contributed by atoms with Gasteiger partial charge in [0.15, 0.2) is 0 Å². The van der Waals surface area contributed by atoms with Crippen LogP contribution in [0.25, 0.3) is 10.8 Å². The summed E-state index contributed by atoms with van der Waals surface area (Å²) in [6, 6.07) is 12.8. The molecule has 1 aliphatic rings. The summed E-state index contributed by atoms with van der Waals surface area (Å²) in [5.74, 6) is 0.259. The van der Waals surface area contributed by atoms with Crippen molar-refractivity contribution in [2.24, 2.45) is 5.92 Å². The summed E-state index contributed by atoms with van der Waals surface area (Å²) in [4.78, 5) is 0.350. The molecule has 0 aromatic heterocycles. The van der Waals surface area contributed by atoms with Gasteiger partial charge in [-0.05, 0) is 30.2 Å². The van der Waals surface area contributed by atoms with Gasteiger partial charge in [0.2, 0.25) is 10.0 Å². The van der Waals surface area contributed by atoms with E-state index in [1.54, 1.807) is 19.2 Å². The maximum Gasteiger partial charge on any atom is 0.243 e. The van der Waals surface area contributed by atoms with Crippen LogP contribution in [-0.4, -0.2) is 37.5 Å². The summed E-state index contributed by atoms with van der Waals surface area (Å²) >= 11 is 0. The van der Waals surface area contributed by atoms with Crippen molar-refractivity contribution in [3.8, 4) is 0 Å². The van der Waals surface area contributed by atoms with Crippen LogP contribution in [0.3, 0.4) is 0 Å². The van der Waals surface area contributed by atoms with Crippen LogP contribution in [-0.2, 0) is 10.0 Å². The minimum absolute atomic E-state index is 0.259. The second-order valence-corrected chi connectivity index (χ2v) is 7.77. The Morgan fingerprint density at radius 2 is 1.81 bits per heavy atom. The number of fused-ring (bicyclic) bond motifs is 1. The molecule has 112 valence electrons. The smallest absolute Gasteiger partial charge is 0.243 e. The number of sulfonamides is 1. The molecule has 4 nitrogen and oxygen atoms in total. The van der Waals surface area contributed by atoms with Crippen LogP contribution >= 0.6 is 0 Å². The van der Waals surface area contributed by atoms with Crippen molar-refractivity contribution in [1.82, 2.24) is 4.31 Å². The van der Waals surface area contributed by atoms with Crippen LogP contribution in [0, 0.1) is 5.92 Å². The number of aliphatic hydroxyl groups is 1. The van der Waals surface area contributed by atoms with E-state index in [4.69, 9.17) is 0 Å². The van der Waals surface area contributed by atoms with E-state index in [9.17, 15) is 13.5 Å². The van der Waals surface area contributed by atoms with Gasteiger partial charge in [0.05, 0.1) is 11.0 Å². The van der Waals surface area contributed by atoms with E-state index in [-0.39, 0.29) is 12.0 Å². The van der Waals surface area contributed by atoms with Crippen molar-refractivity contribution in [2.75, 3.05) is 13.6 Å². The number of hydrogen-bond donors (Lipinski definition) is 1. The third kappa shape index (κ3) is 2.69. The number of aliphatic hydroxyl groups excluding tert-OH is 1. The maximum absolute atomic E-state index is 12.8. The average Bonchev–Trinajstić information content (AvgIpc) is 2.44. The molecule has 3 rings (SSSR count). The van der Waals surface area contributed by atoms with Crippen LogP contribution in [0.2, 0.25) is 0 Å². The minimum atomic E-state index is -3.50. The molecule has 1 saturated carbocycles. The third-order valence-electron chi connectivity index (χ3n) is 4.16. The van der Waals surface area contributed by atoms with E-state index in [0.29, 0.717) is 24.3 Å². The summed E-state index contributed by atoms with van der Waals surface area (Å²) < 4.78 is 26.9. The van der Waals surface area contributed by atoms with E-state index < -0.39 is 10.0 Å². The molecule has 1 fully saturated rings. The van der Waals surface area contributed by atoms with Crippen LogP contribution in [0.4, 0.5) is 0 Å². The van der Waals surface area contributed by atoms with Gasteiger partial charge in [-0.25, -0.2) is 12.7 Å². The van der Waals surface area contributed by atoms with Gasteiger partial charge in [0, 0.05) is 19.0 Å². The Kier molecular flexibility index (Phi) is 3.73. The molecule has 1 N–H and O–H groups in total. The quantitative estimate of drug-likeness (QED) is 0.942. The Morgan fingerprint density at radius 1 is 1.14 bits per heavy atom. The lowest BCUT2D eigenvalue weighted by molar-refractivity contribution is 0.0367. The largest absolute Gasteiger partial charge is 0.393 e. The molecule has 0 bridgehead atoms. The van der Waals surface area contributed by atoms with E-state index in [1.807, 2.05) is 30.3 Å². The fourth-order valence-corrected chi connectivity index (χ4v) is 4.36. The Balaban J connectivity index is 1.92. The zero-order valence-electron chi connectivity index (χ0n) is 11.9. The zero-order chi connectivity index (χ0) is 15.0. The summed E-state index contributed by atoms with van der Waals surface area (Å²) in [6.45, 7) is 0.461. The van der Waals surface area contributed by atoms with Crippen molar-refractivity contribution in [3.05, 3.63) is 42.5 Å². The molecule has 5 heteroatoms.